The molecule has 5 heteroatoms. The van der Waals surface area contributed by atoms with Crippen LogP contribution < -0.4 is 0 Å². The summed E-state index contributed by atoms with van der Waals surface area (Å²) in [6, 6.07) is 28.7. The highest BCUT2D eigenvalue weighted by Crippen LogP contribution is 2.34. The van der Waals surface area contributed by atoms with Crippen molar-refractivity contribution in [3.63, 3.8) is 0 Å². The Morgan fingerprint density at radius 1 is 0.833 bits per heavy atom. The number of ketones is 1. The van der Waals surface area contributed by atoms with E-state index in [-0.39, 0.29) is 5.78 Å². The molecule has 36 heavy (non-hydrogen) atoms. The Balaban J connectivity index is 1.39. The predicted octanol–water partition coefficient (Wildman–Crippen LogP) is 7.07. The summed E-state index contributed by atoms with van der Waals surface area (Å²) < 4.78 is 7.69. The molecule has 0 amide bonds. The van der Waals surface area contributed by atoms with Crippen LogP contribution in [0.1, 0.15) is 28.8 Å². The highest BCUT2D eigenvalue weighted by Gasteiger charge is 2.16. The monoisotopic (exact) mass is 498 g/mol. The number of aromatic nitrogens is 1. The van der Waals surface area contributed by atoms with E-state index in [0.717, 1.165) is 78.1 Å². The minimum atomic E-state index is 0.200. The maximum Gasteiger partial charge on any atom is 0.162 e. The molecule has 0 N–H and O–H groups in total. The highest BCUT2D eigenvalue weighted by molar-refractivity contribution is 6.30. The number of para-hydroxylation sites is 1. The number of carbonyl (C=O) groups is 1. The van der Waals surface area contributed by atoms with E-state index in [4.69, 9.17) is 16.3 Å². The molecule has 0 saturated carbocycles. The van der Waals surface area contributed by atoms with E-state index < -0.39 is 0 Å². The molecule has 0 atom stereocenters. The molecule has 0 unspecified atom stereocenters. The Hall–Kier alpha value is -3.18. The van der Waals surface area contributed by atoms with E-state index in [9.17, 15) is 4.79 Å². The van der Waals surface area contributed by atoms with Crippen LogP contribution in [0.25, 0.3) is 28.2 Å². The van der Waals surface area contributed by atoms with Gasteiger partial charge >= 0.3 is 0 Å². The van der Waals surface area contributed by atoms with Crippen molar-refractivity contribution in [2.45, 2.75) is 19.8 Å². The lowest BCUT2D eigenvalue weighted by Gasteiger charge is -2.26. The number of halogens is 1. The van der Waals surface area contributed by atoms with Crippen molar-refractivity contribution in [3.8, 4) is 28.2 Å². The van der Waals surface area contributed by atoms with Crippen LogP contribution in [0.4, 0.5) is 0 Å². The first-order chi connectivity index (χ1) is 17.6. The molecule has 1 fully saturated rings. The van der Waals surface area contributed by atoms with Crippen LogP contribution in [0.5, 0.6) is 0 Å². The minimum Gasteiger partial charge on any atom is -0.379 e. The van der Waals surface area contributed by atoms with Crippen molar-refractivity contribution in [2.75, 3.05) is 32.8 Å². The van der Waals surface area contributed by atoms with Gasteiger partial charge in [-0.1, -0.05) is 66.2 Å². The lowest BCUT2D eigenvalue weighted by Crippen LogP contribution is -2.36. The maximum atomic E-state index is 12.8. The van der Waals surface area contributed by atoms with Gasteiger partial charge in [-0.2, -0.15) is 0 Å². The molecule has 0 bridgehead atoms. The number of hydrogen-bond donors (Lipinski definition) is 0. The largest absolute Gasteiger partial charge is 0.379 e. The van der Waals surface area contributed by atoms with Gasteiger partial charge in [0.1, 0.15) is 0 Å². The van der Waals surface area contributed by atoms with Crippen LogP contribution in [0, 0.1) is 6.92 Å². The molecule has 4 aromatic rings. The van der Waals surface area contributed by atoms with E-state index in [1.165, 1.54) is 5.56 Å². The van der Waals surface area contributed by atoms with Crippen LogP contribution in [0.3, 0.4) is 0 Å². The van der Waals surface area contributed by atoms with Gasteiger partial charge in [0, 0.05) is 35.8 Å². The Morgan fingerprint density at radius 3 is 2.08 bits per heavy atom. The van der Waals surface area contributed by atoms with Gasteiger partial charge in [-0.05, 0) is 66.9 Å². The third-order valence-electron chi connectivity index (χ3n) is 6.86. The van der Waals surface area contributed by atoms with Gasteiger partial charge in [0.15, 0.2) is 5.78 Å². The van der Waals surface area contributed by atoms with Crippen molar-refractivity contribution in [1.29, 1.82) is 0 Å². The van der Waals surface area contributed by atoms with E-state index in [2.05, 4.69) is 77.1 Å². The average molecular weight is 499 g/mol. The molecule has 1 aliphatic rings. The van der Waals surface area contributed by atoms with Crippen molar-refractivity contribution in [1.82, 2.24) is 9.47 Å². The van der Waals surface area contributed by atoms with Crippen molar-refractivity contribution in [3.05, 3.63) is 101 Å². The average Bonchev–Trinajstić information content (AvgIpc) is 3.35. The van der Waals surface area contributed by atoms with Gasteiger partial charge in [-0.25, -0.2) is 0 Å². The van der Waals surface area contributed by atoms with E-state index in [1.807, 2.05) is 24.3 Å². The summed E-state index contributed by atoms with van der Waals surface area (Å²) in [5.74, 6) is 0.200. The Kier molecular flexibility index (Phi) is 7.66. The summed E-state index contributed by atoms with van der Waals surface area (Å²) in [6.45, 7) is 6.58. The second-order valence-electron chi connectivity index (χ2n) is 9.29. The third kappa shape index (κ3) is 5.46. The molecule has 1 aromatic heterocycles. The number of aryl methyl sites for hydroxylation is 1. The number of ether oxygens (including phenoxy) is 1. The molecule has 4 nitrogen and oxygen atoms in total. The summed E-state index contributed by atoms with van der Waals surface area (Å²) in [6.07, 6.45) is 1.44. The molecule has 5 rings (SSSR count). The highest BCUT2D eigenvalue weighted by atomic mass is 35.5. The first kappa shape index (κ1) is 24.5. The second kappa shape index (κ2) is 11.3. The number of benzene rings is 3. The first-order valence-corrected chi connectivity index (χ1v) is 13.0. The smallest absolute Gasteiger partial charge is 0.162 e. The fourth-order valence-electron chi connectivity index (χ4n) is 4.84. The van der Waals surface area contributed by atoms with Crippen LogP contribution >= 0.6 is 11.6 Å². The van der Waals surface area contributed by atoms with E-state index in [0.29, 0.717) is 6.42 Å². The molecule has 3 aromatic carbocycles. The van der Waals surface area contributed by atoms with Crippen molar-refractivity contribution >= 4 is 17.4 Å². The van der Waals surface area contributed by atoms with Crippen LogP contribution in [0.15, 0.2) is 84.9 Å². The van der Waals surface area contributed by atoms with Crippen molar-refractivity contribution < 1.29 is 9.53 Å². The molecular formula is C31H31ClN2O2. The Bertz CT molecular complexity index is 1320. The van der Waals surface area contributed by atoms with Gasteiger partial charge < -0.3 is 9.30 Å². The van der Waals surface area contributed by atoms with Crippen molar-refractivity contribution in [2.24, 2.45) is 0 Å². The summed E-state index contributed by atoms with van der Waals surface area (Å²) in [5, 5.41) is 0.721. The first-order valence-electron chi connectivity index (χ1n) is 12.6. The number of morpholine rings is 1. The number of rotatable bonds is 8. The normalized spacial score (nSPS) is 14.2. The number of nitrogens with zero attached hydrogens (tertiary/aromatic N) is 2. The SMILES string of the molecule is Cc1ccccc1-n1c(-c2ccc(Cl)cc2)ccc1-c1ccc(C(=O)CCCN2CCOCC2)cc1. The van der Waals surface area contributed by atoms with Gasteiger partial charge in [0.05, 0.1) is 24.6 Å². The quantitative estimate of drug-likeness (QED) is 0.244. The van der Waals surface area contributed by atoms with Crippen LogP contribution in [0.2, 0.25) is 5.02 Å². The Morgan fingerprint density at radius 2 is 1.44 bits per heavy atom. The summed E-state index contributed by atoms with van der Waals surface area (Å²) in [7, 11) is 0. The summed E-state index contributed by atoms with van der Waals surface area (Å²) in [4.78, 5) is 15.2. The van der Waals surface area contributed by atoms with Crippen LogP contribution in [-0.2, 0) is 4.74 Å². The molecule has 184 valence electrons. The minimum absolute atomic E-state index is 0.200. The van der Waals surface area contributed by atoms with Gasteiger partial charge in [0.2, 0.25) is 0 Å². The zero-order chi connectivity index (χ0) is 24.9. The van der Waals surface area contributed by atoms with Crippen LogP contribution in [-0.4, -0.2) is 48.1 Å². The zero-order valence-electron chi connectivity index (χ0n) is 20.6. The predicted molar refractivity (Wildman–Crippen MR) is 147 cm³/mol. The summed E-state index contributed by atoms with van der Waals surface area (Å²) >= 11 is 6.15. The topological polar surface area (TPSA) is 34.5 Å². The van der Waals surface area contributed by atoms with Gasteiger partial charge in [0.25, 0.3) is 0 Å². The second-order valence-corrected chi connectivity index (χ2v) is 9.73. The fraction of sp³-hybridized carbons (Fsp3) is 0.258. The molecule has 1 aliphatic heterocycles. The number of hydrogen-bond acceptors (Lipinski definition) is 3. The molecule has 0 aliphatic carbocycles. The lowest BCUT2D eigenvalue weighted by atomic mass is 10.0. The van der Waals surface area contributed by atoms with Gasteiger partial charge in [-0.15, -0.1) is 0 Å². The fourth-order valence-corrected chi connectivity index (χ4v) is 4.97. The van der Waals surface area contributed by atoms with E-state index in [1.54, 1.807) is 0 Å². The third-order valence-corrected chi connectivity index (χ3v) is 7.11. The standard InChI is InChI=1S/C31H31ClN2O2/c1-23-5-2-3-6-28(23)34-29(16-17-30(34)25-12-14-27(32)15-13-25)24-8-10-26(11-9-24)31(35)7-4-18-33-19-21-36-22-20-33/h2-3,5-6,8-17H,4,7,18-22H2,1H3. The van der Waals surface area contributed by atoms with E-state index >= 15 is 0 Å². The molecule has 2 heterocycles. The molecular weight excluding hydrogens is 468 g/mol. The Labute approximate surface area is 218 Å². The summed E-state index contributed by atoms with van der Waals surface area (Å²) in [5.41, 5.74) is 7.44. The molecule has 1 saturated heterocycles. The number of Topliss-reactive ketones (excluding diaryl/α,β-unsaturated/α-hetero) is 1. The maximum absolute atomic E-state index is 12.8. The van der Waals surface area contributed by atoms with Gasteiger partial charge in [-0.3, -0.25) is 9.69 Å². The number of carbonyl (C=O) groups excluding carboxylic acids is 1. The molecule has 0 spiro atoms. The molecule has 0 radical (unpaired) electrons. The lowest BCUT2D eigenvalue weighted by molar-refractivity contribution is 0.0371. The zero-order valence-corrected chi connectivity index (χ0v) is 21.4.